The standard InChI is InChI=1S/C28H43BO5/c1-17-20-7-8-22-25(4,21(20)9-14-28(17,15-30)16-33-18(2)31)12-10-23-26(22,5)13-11-24(27(23,6)29)34-19(3)32/h15,20-24H,1,7-14,16,29H2,2-6H3/t20?,21?,22?,23?,24-,25-,26+,27-,28?/m0/s1. The van der Waals surface area contributed by atoms with Crippen LogP contribution in [0.15, 0.2) is 12.2 Å². The van der Waals surface area contributed by atoms with Crippen LogP contribution in [0.1, 0.15) is 86.0 Å². The quantitative estimate of drug-likeness (QED) is 0.258. The second kappa shape index (κ2) is 8.52. The van der Waals surface area contributed by atoms with E-state index >= 15 is 0 Å². The van der Waals surface area contributed by atoms with Crippen LogP contribution in [0, 0.1) is 39.9 Å². The summed E-state index contributed by atoms with van der Waals surface area (Å²) >= 11 is 0. The highest BCUT2D eigenvalue weighted by Gasteiger charge is 2.65. The molecule has 6 heteroatoms. The Bertz CT molecular complexity index is 882. The minimum atomic E-state index is -0.735. The molecular weight excluding hydrogens is 427 g/mol. The highest BCUT2D eigenvalue weighted by atomic mass is 16.5. The highest BCUT2D eigenvalue weighted by molar-refractivity contribution is 6.16. The Morgan fingerprint density at radius 3 is 2.26 bits per heavy atom. The van der Waals surface area contributed by atoms with Crippen LogP contribution in [-0.2, 0) is 23.9 Å². The van der Waals surface area contributed by atoms with Crippen LogP contribution >= 0.6 is 0 Å². The van der Waals surface area contributed by atoms with Crippen molar-refractivity contribution in [1.82, 2.24) is 0 Å². The predicted molar refractivity (Wildman–Crippen MR) is 134 cm³/mol. The zero-order valence-electron chi connectivity index (χ0n) is 22.1. The fourth-order valence-corrected chi connectivity index (χ4v) is 9.54. The summed E-state index contributed by atoms with van der Waals surface area (Å²) in [5.41, 5.74) is 0.682. The molecule has 4 rings (SSSR count). The molecule has 4 aliphatic rings. The van der Waals surface area contributed by atoms with Gasteiger partial charge in [-0.3, -0.25) is 9.59 Å². The first-order valence-corrected chi connectivity index (χ1v) is 13.3. The Morgan fingerprint density at radius 2 is 1.65 bits per heavy atom. The average molecular weight is 470 g/mol. The number of esters is 2. The number of hydrogen-bond donors (Lipinski definition) is 0. The van der Waals surface area contributed by atoms with E-state index in [0.717, 1.165) is 50.4 Å². The van der Waals surface area contributed by atoms with Crippen molar-refractivity contribution in [3.63, 3.8) is 0 Å². The van der Waals surface area contributed by atoms with Gasteiger partial charge in [-0.2, -0.15) is 0 Å². The van der Waals surface area contributed by atoms with Gasteiger partial charge in [0.2, 0.25) is 0 Å². The Labute approximate surface area is 206 Å². The van der Waals surface area contributed by atoms with Gasteiger partial charge in [-0.1, -0.05) is 32.9 Å². The molecule has 5 nitrogen and oxygen atoms in total. The molecule has 0 saturated heterocycles. The summed E-state index contributed by atoms with van der Waals surface area (Å²) in [6, 6.07) is 0. The van der Waals surface area contributed by atoms with Crippen LogP contribution in [0.2, 0.25) is 5.31 Å². The van der Waals surface area contributed by atoms with Crippen molar-refractivity contribution < 1.29 is 23.9 Å². The number of ether oxygens (including phenoxy) is 2. The number of aldehydes is 1. The first-order valence-electron chi connectivity index (χ1n) is 13.3. The number of carbonyl (C=O) groups excluding carboxylic acids is 3. The molecule has 0 amide bonds. The number of hydrogen-bond acceptors (Lipinski definition) is 5. The average Bonchev–Trinajstić information content (AvgIpc) is 2.75. The summed E-state index contributed by atoms with van der Waals surface area (Å²) in [6.07, 6.45) is 9.23. The molecule has 0 radical (unpaired) electrons. The molecule has 0 aromatic carbocycles. The van der Waals surface area contributed by atoms with Gasteiger partial charge < -0.3 is 14.3 Å². The molecule has 5 unspecified atom stereocenters. The lowest BCUT2D eigenvalue weighted by Gasteiger charge is -2.68. The third-order valence-electron chi connectivity index (χ3n) is 11.2. The molecule has 0 bridgehead atoms. The third-order valence-corrected chi connectivity index (χ3v) is 11.2. The van der Waals surface area contributed by atoms with Crippen LogP contribution in [0.3, 0.4) is 0 Å². The molecule has 0 aromatic heterocycles. The first-order chi connectivity index (χ1) is 15.8. The molecular formula is C28H43BO5. The van der Waals surface area contributed by atoms with Crippen molar-refractivity contribution in [3.05, 3.63) is 12.2 Å². The van der Waals surface area contributed by atoms with Crippen LogP contribution < -0.4 is 0 Å². The minimum Gasteiger partial charge on any atom is -0.464 e. The van der Waals surface area contributed by atoms with Crippen LogP contribution in [-0.4, -0.2) is 38.8 Å². The Morgan fingerprint density at radius 1 is 0.971 bits per heavy atom. The SMILES string of the molecule is B[C@@]1(C)C2CC[C@@]3(C)C4CCC(C=O)(COC(C)=O)C(=C)C4CCC3[C@@]2(C)CC[C@@H]1OC(C)=O. The molecule has 0 aliphatic heterocycles. The maximum Gasteiger partial charge on any atom is 0.302 e. The zero-order chi connectivity index (χ0) is 25.1. The number of fused-ring (bicyclic) bond motifs is 5. The van der Waals surface area contributed by atoms with Crippen molar-refractivity contribution in [2.24, 2.45) is 39.9 Å². The van der Waals surface area contributed by atoms with E-state index in [2.05, 4.69) is 35.2 Å². The lowest BCUT2D eigenvalue weighted by molar-refractivity contribution is -0.186. The van der Waals surface area contributed by atoms with Gasteiger partial charge in [-0.15, -0.1) is 0 Å². The van der Waals surface area contributed by atoms with Gasteiger partial charge in [-0.05, 0) is 91.2 Å². The predicted octanol–water partition coefficient (Wildman–Crippen LogP) is 4.69. The van der Waals surface area contributed by atoms with E-state index in [9.17, 15) is 14.4 Å². The van der Waals surface area contributed by atoms with Gasteiger partial charge in [0.25, 0.3) is 0 Å². The maximum absolute atomic E-state index is 12.3. The molecule has 0 spiro atoms. The van der Waals surface area contributed by atoms with E-state index in [1.54, 1.807) is 0 Å². The van der Waals surface area contributed by atoms with Crippen molar-refractivity contribution >= 4 is 26.1 Å². The van der Waals surface area contributed by atoms with Gasteiger partial charge in [0.05, 0.1) is 5.41 Å². The summed E-state index contributed by atoms with van der Waals surface area (Å²) in [5.74, 6) is 1.44. The Kier molecular flexibility index (Phi) is 6.39. The van der Waals surface area contributed by atoms with E-state index in [0.29, 0.717) is 30.1 Å². The first kappa shape index (κ1) is 25.5. The molecule has 188 valence electrons. The maximum atomic E-state index is 12.3. The summed E-state index contributed by atoms with van der Waals surface area (Å²) < 4.78 is 11.2. The van der Waals surface area contributed by atoms with Crippen molar-refractivity contribution in [1.29, 1.82) is 0 Å². The topological polar surface area (TPSA) is 69.7 Å². The van der Waals surface area contributed by atoms with Crippen molar-refractivity contribution in [3.8, 4) is 0 Å². The summed E-state index contributed by atoms with van der Waals surface area (Å²) in [4.78, 5) is 35.5. The second-order valence-electron chi connectivity index (χ2n) is 13.0. The number of rotatable bonds is 4. The molecule has 0 aromatic rings. The normalized spacial score (nSPS) is 48.0. The second-order valence-corrected chi connectivity index (χ2v) is 13.0. The summed E-state index contributed by atoms with van der Waals surface area (Å²) in [6.45, 7) is 14.8. The van der Waals surface area contributed by atoms with Crippen LogP contribution in [0.5, 0.6) is 0 Å². The molecule has 4 saturated carbocycles. The minimum absolute atomic E-state index is 0.00675. The molecule has 0 heterocycles. The van der Waals surface area contributed by atoms with E-state index < -0.39 is 5.41 Å². The zero-order valence-corrected chi connectivity index (χ0v) is 22.1. The number of carbonyl (C=O) groups is 3. The van der Waals surface area contributed by atoms with Crippen molar-refractivity contribution in [2.75, 3.05) is 6.61 Å². The van der Waals surface area contributed by atoms with E-state index in [-0.39, 0.29) is 40.8 Å². The smallest absolute Gasteiger partial charge is 0.302 e. The van der Waals surface area contributed by atoms with E-state index in [4.69, 9.17) is 9.47 Å². The van der Waals surface area contributed by atoms with Gasteiger partial charge in [-0.25, -0.2) is 0 Å². The lowest BCUT2D eigenvalue weighted by Crippen LogP contribution is -2.62. The fraction of sp³-hybridized carbons (Fsp3) is 0.821. The third kappa shape index (κ3) is 3.69. The van der Waals surface area contributed by atoms with Gasteiger partial charge in [0, 0.05) is 13.8 Å². The summed E-state index contributed by atoms with van der Waals surface area (Å²) in [5, 5.41) is -0.0380. The lowest BCUT2D eigenvalue weighted by atomic mass is 9.34. The molecule has 34 heavy (non-hydrogen) atoms. The Balaban J connectivity index is 1.60. The molecule has 4 fully saturated rings. The van der Waals surface area contributed by atoms with Crippen LogP contribution in [0.25, 0.3) is 0 Å². The monoisotopic (exact) mass is 470 g/mol. The van der Waals surface area contributed by atoms with E-state index in [1.807, 2.05) is 0 Å². The highest BCUT2D eigenvalue weighted by Crippen LogP contribution is 2.72. The van der Waals surface area contributed by atoms with Gasteiger partial charge >= 0.3 is 11.9 Å². The fourth-order valence-electron chi connectivity index (χ4n) is 9.54. The molecule has 4 aliphatic carbocycles. The van der Waals surface area contributed by atoms with E-state index in [1.165, 1.54) is 20.3 Å². The van der Waals surface area contributed by atoms with Gasteiger partial charge in [0.1, 0.15) is 26.8 Å². The Hall–Kier alpha value is -1.59. The molecule has 9 atom stereocenters. The summed E-state index contributed by atoms with van der Waals surface area (Å²) in [7, 11) is 2.31. The largest absolute Gasteiger partial charge is 0.464 e. The molecule has 0 N–H and O–H groups in total. The van der Waals surface area contributed by atoms with Crippen molar-refractivity contribution in [2.45, 2.75) is 97.4 Å². The van der Waals surface area contributed by atoms with Crippen LogP contribution in [0.4, 0.5) is 0 Å². The van der Waals surface area contributed by atoms with Gasteiger partial charge in [0.15, 0.2) is 0 Å².